The summed E-state index contributed by atoms with van der Waals surface area (Å²) in [6.45, 7) is -0.815. The average molecular weight is 150 g/mol. The van der Waals surface area contributed by atoms with Crippen molar-refractivity contribution in [1.29, 1.82) is 0 Å². The van der Waals surface area contributed by atoms with Crippen LogP contribution >= 0.6 is 0 Å². The zero-order valence-electron chi connectivity index (χ0n) is 4.80. The van der Waals surface area contributed by atoms with E-state index in [2.05, 4.69) is 0 Å². The number of nitrogens with zero attached hydrogens (tertiary/aromatic N) is 1. The van der Waals surface area contributed by atoms with Crippen LogP contribution in [0.5, 0.6) is 0 Å². The van der Waals surface area contributed by atoms with Crippen LogP contribution in [0.1, 0.15) is 0 Å². The second-order valence-corrected chi connectivity index (χ2v) is 1.81. The van der Waals surface area contributed by atoms with E-state index in [-0.39, 0.29) is 5.12 Å². The van der Waals surface area contributed by atoms with Gasteiger partial charge >= 0.3 is 6.03 Å². The minimum atomic E-state index is -1.96. The summed E-state index contributed by atoms with van der Waals surface area (Å²) in [6, 6.07) is -1.21. The fourth-order valence-corrected chi connectivity index (χ4v) is 0.551. The molecule has 0 aromatic heterocycles. The molecule has 4 nitrogen and oxygen atoms in total. The predicted molar refractivity (Wildman–Crippen MR) is 26.2 cm³/mol. The lowest BCUT2D eigenvalue weighted by Crippen LogP contribution is -2.52. The molecule has 10 heavy (non-hydrogen) atoms. The second kappa shape index (κ2) is 2.20. The number of imide groups is 1. The molecule has 0 radical (unpaired) electrons. The molecular formula is C4H4F2N2O2. The molecule has 1 atom stereocenters. The minimum Gasteiger partial charge on any atom is -0.273 e. The molecule has 0 spiro atoms. The highest BCUT2D eigenvalue weighted by molar-refractivity contribution is 5.98. The number of carbonyl (C=O) groups excluding carboxylic acids is 2. The number of rotatable bonds is 0. The fourth-order valence-electron chi connectivity index (χ4n) is 0.551. The largest absolute Gasteiger partial charge is 0.352 e. The molecule has 0 aliphatic carbocycles. The van der Waals surface area contributed by atoms with Gasteiger partial charge in [0.25, 0.3) is 5.91 Å². The SMILES string of the molecule is O=C1NC(=O)N(F)CC1F. The number of hydrogen-bond donors (Lipinski definition) is 1. The van der Waals surface area contributed by atoms with E-state index in [1.165, 1.54) is 5.32 Å². The second-order valence-electron chi connectivity index (χ2n) is 1.81. The maximum Gasteiger partial charge on any atom is 0.352 e. The van der Waals surface area contributed by atoms with Gasteiger partial charge in [-0.25, -0.2) is 9.18 Å². The van der Waals surface area contributed by atoms with Crippen LogP contribution in [0, 0.1) is 0 Å². The quantitative estimate of drug-likeness (QED) is 0.484. The Morgan fingerprint density at radius 2 is 2.20 bits per heavy atom. The lowest BCUT2D eigenvalue weighted by molar-refractivity contribution is -0.130. The van der Waals surface area contributed by atoms with Crippen molar-refractivity contribution in [3.05, 3.63) is 0 Å². The maximum atomic E-state index is 12.2. The van der Waals surface area contributed by atoms with Crippen LogP contribution in [-0.2, 0) is 4.79 Å². The molecular weight excluding hydrogens is 146 g/mol. The van der Waals surface area contributed by atoms with Crippen molar-refractivity contribution in [3.8, 4) is 0 Å². The van der Waals surface area contributed by atoms with Crippen molar-refractivity contribution in [2.24, 2.45) is 0 Å². The van der Waals surface area contributed by atoms with Crippen LogP contribution in [0.25, 0.3) is 0 Å². The van der Waals surface area contributed by atoms with E-state index < -0.39 is 24.7 Å². The van der Waals surface area contributed by atoms with Gasteiger partial charge in [0.1, 0.15) is 0 Å². The number of alkyl halides is 1. The van der Waals surface area contributed by atoms with E-state index in [1.54, 1.807) is 0 Å². The zero-order valence-corrected chi connectivity index (χ0v) is 4.80. The molecule has 0 saturated carbocycles. The summed E-state index contributed by atoms with van der Waals surface area (Å²) in [5.74, 6) is -1.08. The Bertz CT molecular complexity index is 166. The molecule has 0 aromatic carbocycles. The highest BCUT2D eigenvalue weighted by atomic mass is 19.2. The monoisotopic (exact) mass is 150 g/mol. The first-order valence-corrected chi connectivity index (χ1v) is 2.53. The summed E-state index contributed by atoms with van der Waals surface area (Å²) in [6.07, 6.45) is -1.96. The first-order valence-electron chi connectivity index (χ1n) is 2.53. The highest BCUT2D eigenvalue weighted by Gasteiger charge is 2.32. The van der Waals surface area contributed by atoms with Crippen LogP contribution in [0.4, 0.5) is 13.7 Å². The number of amides is 3. The van der Waals surface area contributed by atoms with Crippen molar-refractivity contribution in [2.75, 3.05) is 6.54 Å². The molecule has 1 rings (SSSR count). The first kappa shape index (κ1) is 6.91. The molecule has 1 unspecified atom stereocenters. The minimum absolute atomic E-state index is 0.383. The van der Waals surface area contributed by atoms with Crippen LogP contribution in [0.2, 0.25) is 0 Å². The van der Waals surface area contributed by atoms with Gasteiger partial charge in [-0.15, -0.1) is 0 Å². The third-order valence-corrected chi connectivity index (χ3v) is 1.06. The molecule has 1 fully saturated rings. The Hall–Kier alpha value is -1.20. The number of hydrogen-bond acceptors (Lipinski definition) is 2. The van der Waals surface area contributed by atoms with Gasteiger partial charge in [0, 0.05) is 0 Å². The third kappa shape index (κ3) is 1.04. The first-order chi connectivity index (χ1) is 4.61. The van der Waals surface area contributed by atoms with Crippen LogP contribution in [0.15, 0.2) is 0 Å². The van der Waals surface area contributed by atoms with E-state index in [9.17, 15) is 18.5 Å². The van der Waals surface area contributed by atoms with E-state index >= 15 is 0 Å². The number of urea groups is 1. The highest BCUT2D eigenvalue weighted by Crippen LogP contribution is 2.03. The van der Waals surface area contributed by atoms with Crippen LogP contribution in [0.3, 0.4) is 0 Å². The topological polar surface area (TPSA) is 49.4 Å². The lowest BCUT2D eigenvalue weighted by atomic mass is 10.3. The summed E-state index contributed by atoms with van der Waals surface area (Å²) >= 11 is 0. The molecule has 1 heterocycles. The van der Waals surface area contributed by atoms with Gasteiger partial charge in [-0.1, -0.05) is 4.48 Å². The maximum absolute atomic E-state index is 12.2. The van der Waals surface area contributed by atoms with Gasteiger partial charge in [0.15, 0.2) is 6.17 Å². The van der Waals surface area contributed by atoms with E-state index in [0.717, 1.165) is 0 Å². The Morgan fingerprint density at radius 3 is 2.70 bits per heavy atom. The average Bonchev–Trinajstić information content (AvgIpc) is 1.84. The van der Waals surface area contributed by atoms with Gasteiger partial charge in [0.2, 0.25) is 0 Å². The fraction of sp³-hybridized carbons (Fsp3) is 0.500. The van der Waals surface area contributed by atoms with Gasteiger partial charge in [0.05, 0.1) is 6.54 Å². The number of halogens is 2. The Morgan fingerprint density at radius 1 is 1.60 bits per heavy atom. The van der Waals surface area contributed by atoms with E-state index in [0.29, 0.717) is 0 Å². The van der Waals surface area contributed by atoms with Gasteiger partial charge < -0.3 is 0 Å². The summed E-state index contributed by atoms with van der Waals surface area (Å²) in [7, 11) is 0. The molecule has 1 saturated heterocycles. The summed E-state index contributed by atoms with van der Waals surface area (Å²) in [5, 5.41) is 1.09. The normalized spacial score (nSPS) is 26.6. The Kier molecular flexibility index (Phi) is 1.52. The van der Waals surface area contributed by atoms with Crippen molar-refractivity contribution >= 4 is 11.9 Å². The molecule has 0 bridgehead atoms. The van der Waals surface area contributed by atoms with Gasteiger partial charge in [-0.3, -0.25) is 10.1 Å². The Labute approximate surface area is 54.7 Å². The summed E-state index contributed by atoms with van der Waals surface area (Å²) in [4.78, 5) is 20.5. The van der Waals surface area contributed by atoms with E-state index in [4.69, 9.17) is 0 Å². The lowest BCUT2D eigenvalue weighted by Gasteiger charge is -2.19. The third-order valence-electron chi connectivity index (χ3n) is 1.06. The smallest absolute Gasteiger partial charge is 0.273 e. The van der Waals surface area contributed by atoms with Crippen molar-refractivity contribution in [2.45, 2.75) is 6.17 Å². The standard InChI is InChI=1S/C4H4F2N2O2/c5-2-1-8(6)4(10)7-3(2)9/h2H,1H2,(H,7,9,10). The Balaban J connectivity index is 2.63. The van der Waals surface area contributed by atoms with Gasteiger partial charge in [-0.05, 0) is 0 Å². The molecule has 1 aliphatic heterocycles. The van der Waals surface area contributed by atoms with E-state index in [1.807, 2.05) is 0 Å². The van der Waals surface area contributed by atoms with Crippen molar-refractivity contribution < 1.29 is 18.5 Å². The molecule has 1 aliphatic rings. The molecule has 0 aromatic rings. The zero-order chi connectivity index (χ0) is 7.72. The molecule has 1 N–H and O–H groups in total. The summed E-state index contributed by atoms with van der Waals surface area (Å²) in [5.41, 5.74) is 0. The number of carbonyl (C=O) groups is 2. The van der Waals surface area contributed by atoms with Crippen molar-refractivity contribution in [3.63, 3.8) is 0 Å². The molecule has 56 valence electrons. The van der Waals surface area contributed by atoms with Gasteiger partial charge in [-0.2, -0.15) is 5.12 Å². The van der Waals surface area contributed by atoms with Crippen LogP contribution in [-0.4, -0.2) is 29.8 Å². The predicted octanol–water partition coefficient (Wildman–Crippen LogP) is -0.239. The summed E-state index contributed by atoms with van der Waals surface area (Å²) < 4.78 is 24.2. The van der Waals surface area contributed by atoms with Crippen molar-refractivity contribution in [1.82, 2.24) is 10.4 Å². The van der Waals surface area contributed by atoms with Crippen LogP contribution < -0.4 is 5.32 Å². The molecule has 3 amide bonds. The number of nitrogens with one attached hydrogen (secondary N) is 1. The molecule has 6 heteroatoms.